The zero-order valence-electron chi connectivity index (χ0n) is 18.2. The molecule has 1 unspecified atom stereocenters. The Labute approximate surface area is 190 Å². The quantitative estimate of drug-likeness (QED) is 0.350. The minimum atomic E-state index is -1.82. The monoisotopic (exact) mass is 450 g/mol. The van der Waals surface area contributed by atoms with Crippen molar-refractivity contribution in [1.29, 1.82) is 0 Å². The normalized spacial score (nSPS) is 15.8. The highest BCUT2D eigenvalue weighted by Crippen LogP contribution is 2.31. The van der Waals surface area contributed by atoms with E-state index in [4.69, 9.17) is 29.5 Å². The van der Waals surface area contributed by atoms with Crippen molar-refractivity contribution in [1.82, 2.24) is 19.9 Å². The van der Waals surface area contributed by atoms with Gasteiger partial charge in [-0.15, -0.1) is 0 Å². The number of carboxylic acid groups (broad SMARTS) is 2. The summed E-state index contributed by atoms with van der Waals surface area (Å²) in [6.45, 7) is 2.15. The van der Waals surface area contributed by atoms with E-state index < -0.39 is 11.9 Å². The van der Waals surface area contributed by atoms with E-state index in [1.165, 1.54) is 5.39 Å². The minimum absolute atomic E-state index is 0.196. The van der Waals surface area contributed by atoms with E-state index in [9.17, 15) is 0 Å². The van der Waals surface area contributed by atoms with Crippen molar-refractivity contribution in [3.05, 3.63) is 66.1 Å². The maximum absolute atomic E-state index is 9.10. The number of aromatic nitrogens is 3. The third-order valence-corrected chi connectivity index (χ3v) is 5.71. The first kappa shape index (κ1) is 22.5. The Hall–Kier alpha value is -3.69. The van der Waals surface area contributed by atoms with E-state index in [1.807, 2.05) is 24.4 Å². The summed E-state index contributed by atoms with van der Waals surface area (Å²) in [5, 5.41) is 16.0. The van der Waals surface area contributed by atoms with Gasteiger partial charge in [0, 0.05) is 24.8 Å². The van der Waals surface area contributed by atoms with Crippen molar-refractivity contribution in [2.24, 2.45) is 0 Å². The second kappa shape index (κ2) is 9.85. The number of nitrogens with one attached hydrogen (secondary N) is 2. The van der Waals surface area contributed by atoms with Crippen molar-refractivity contribution in [2.75, 3.05) is 20.1 Å². The number of nitrogens with zero attached hydrogens (tertiary/aromatic N) is 2. The maximum Gasteiger partial charge on any atom is 0.414 e. The number of H-pyrrole nitrogens is 2. The number of hydrogen-bond donors (Lipinski definition) is 4. The van der Waals surface area contributed by atoms with Gasteiger partial charge in [-0.2, -0.15) is 0 Å². The van der Waals surface area contributed by atoms with Crippen molar-refractivity contribution in [2.45, 2.75) is 25.0 Å². The number of imidazole rings is 1. The fourth-order valence-corrected chi connectivity index (χ4v) is 3.94. The van der Waals surface area contributed by atoms with Crippen LogP contribution < -0.4 is 0 Å². The number of ether oxygens (including phenoxy) is 1. The molecule has 9 nitrogen and oxygen atoms in total. The molecule has 0 aliphatic carbocycles. The second-order valence-corrected chi connectivity index (χ2v) is 8.09. The van der Waals surface area contributed by atoms with Gasteiger partial charge in [-0.3, -0.25) is 0 Å². The lowest BCUT2D eigenvalue weighted by Crippen LogP contribution is -2.35. The fourth-order valence-electron chi connectivity index (χ4n) is 3.94. The number of piperidine rings is 1. The van der Waals surface area contributed by atoms with Crippen LogP contribution in [0.25, 0.3) is 21.9 Å². The lowest BCUT2D eigenvalue weighted by Gasteiger charge is -2.31. The number of hydrogen-bond acceptors (Lipinski definition) is 5. The number of fused-ring (bicyclic) bond motifs is 2. The smallest absolute Gasteiger partial charge is 0.414 e. The summed E-state index contributed by atoms with van der Waals surface area (Å²) in [6.07, 6.45) is 4.13. The lowest BCUT2D eigenvalue weighted by atomic mass is 10.0. The summed E-state index contributed by atoms with van der Waals surface area (Å²) >= 11 is 0. The molecule has 172 valence electrons. The fraction of sp³-hybridized carbons (Fsp3) is 0.292. The highest BCUT2D eigenvalue weighted by molar-refractivity contribution is 6.27. The van der Waals surface area contributed by atoms with Crippen molar-refractivity contribution in [3.63, 3.8) is 0 Å². The topological polar surface area (TPSA) is 132 Å². The molecule has 4 N–H and O–H groups in total. The molecule has 1 atom stereocenters. The van der Waals surface area contributed by atoms with Gasteiger partial charge in [0.2, 0.25) is 0 Å². The first-order chi connectivity index (χ1) is 15.9. The molecule has 0 bridgehead atoms. The zero-order chi connectivity index (χ0) is 23.4. The highest BCUT2D eigenvalue weighted by atomic mass is 16.5. The SMILES string of the molecule is CN1CCC(OC(c2ccc3cc[nH]c3c2)c2nc3ccccc3[nH]2)CC1.O=C(O)C(=O)O. The van der Waals surface area contributed by atoms with Crippen LogP contribution in [0.3, 0.4) is 0 Å². The van der Waals surface area contributed by atoms with Gasteiger partial charge < -0.3 is 29.8 Å². The van der Waals surface area contributed by atoms with Crippen LogP contribution in [0, 0.1) is 0 Å². The van der Waals surface area contributed by atoms with Crippen LogP contribution >= 0.6 is 0 Å². The maximum atomic E-state index is 9.10. The summed E-state index contributed by atoms with van der Waals surface area (Å²) in [5.74, 6) is -2.77. The molecule has 0 saturated carbocycles. The highest BCUT2D eigenvalue weighted by Gasteiger charge is 2.26. The first-order valence-electron chi connectivity index (χ1n) is 10.7. The summed E-state index contributed by atoms with van der Waals surface area (Å²) in [7, 11) is 2.17. The third-order valence-electron chi connectivity index (χ3n) is 5.71. The zero-order valence-corrected chi connectivity index (χ0v) is 18.2. The molecule has 0 radical (unpaired) electrons. The molecule has 0 spiro atoms. The Morgan fingerprint density at radius 2 is 1.79 bits per heavy atom. The van der Waals surface area contributed by atoms with Crippen LogP contribution in [0.4, 0.5) is 0 Å². The number of likely N-dealkylation sites (tertiary alicyclic amines) is 1. The van der Waals surface area contributed by atoms with Crippen molar-refractivity contribution in [3.8, 4) is 0 Å². The molecule has 4 aromatic rings. The van der Waals surface area contributed by atoms with Crippen LogP contribution in [-0.2, 0) is 14.3 Å². The molecular formula is C24H26N4O5. The number of carboxylic acids is 2. The predicted octanol–water partition coefficient (Wildman–Crippen LogP) is 3.40. The number of aromatic amines is 2. The molecule has 5 rings (SSSR count). The van der Waals surface area contributed by atoms with Crippen molar-refractivity contribution < 1.29 is 24.5 Å². The molecule has 3 heterocycles. The Kier molecular flexibility index (Phi) is 6.71. The van der Waals surface area contributed by atoms with E-state index in [1.54, 1.807) is 0 Å². The summed E-state index contributed by atoms with van der Waals surface area (Å²) in [6, 6.07) is 16.7. The lowest BCUT2D eigenvalue weighted by molar-refractivity contribution is -0.159. The van der Waals surface area contributed by atoms with Gasteiger partial charge in [0.1, 0.15) is 11.9 Å². The average molecular weight is 450 g/mol. The van der Waals surface area contributed by atoms with Gasteiger partial charge in [-0.05, 0) is 55.1 Å². The first-order valence-corrected chi connectivity index (χ1v) is 10.7. The summed E-state index contributed by atoms with van der Waals surface area (Å²) in [5.41, 5.74) is 4.28. The van der Waals surface area contributed by atoms with Gasteiger partial charge in [0.25, 0.3) is 0 Å². The van der Waals surface area contributed by atoms with Crippen molar-refractivity contribution >= 4 is 33.9 Å². The van der Waals surface area contributed by atoms with Crippen LogP contribution in [0.5, 0.6) is 0 Å². The number of benzene rings is 2. The van der Waals surface area contributed by atoms with E-state index >= 15 is 0 Å². The summed E-state index contributed by atoms with van der Waals surface area (Å²) < 4.78 is 6.63. The Balaban J connectivity index is 0.000000385. The van der Waals surface area contributed by atoms with Crippen LogP contribution in [0.2, 0.25) is 0 Å². The number of carbonyl (C=O) groups is 2. The van der Waals surface area contributed by atoms with Crippen LogP contribution in [0.15, 0.2) is 54.7 Å². The van der Waals surface area contributed by atoms with E-state index in [0.29, 0.717) is 0 Å². The number of rotatable bonds is 4. The second-order valence-electron chi connectivity index (χ2n) is 8.09. The Morgan fingerprint density at radius 3 is 2.48 bits per heavy atom. The molecule has 1 aliphatic rings. The molecule has 0 amide bonds. The molecule has 1 aliphatic heterocycles. The molecule has 9 heteroatoms. The largest absolute Gasteiger partial charge is 0.473 e. The van der Waals surface area contributed by atoms with E-state index in [2.05, 4.69) is 52.2 Å². The van der Waals surface area contributed by atoms with E-state index in [0.717, 1.165) is 53.9 Å². The molecule has 33 heavy (non-hydrogen) atoms. The Bertz CT molecular complexity index is 1210. The number of aliphatic carboxylic acids is 2. The number of para-hydroxylation sites is 2. The minimum Gasteiger partial charge on any atom is -0.473 e. The Morgan fingerprint density at radius 1 is 1.06 bits per heavy atom. The van der Waals surface area contributed by atoms with Gasteiger partial charge in [0.15, 0.2) is 0 Å². The molecule has 1 fully saturated rings. The van der Waals surface area contributed by atoms with E-state index in [-0.39, 0.29) is 12.2 Å². The van der Waals surface area contributed by atoms with Gasteiger partial charge in [-0.1, -0.05) is 24.3 Å². The molecular weight excluding hydrogens is 424 g/mol. The predicted molar refractivity (Wildman–Crippen MR) is 123 cm³/mol. The average Bonchev–Trinajstić information content (AvgIpc) is 3.45. The third kappa shape index (κ3) is 5.39. The van der Waals surface area contributed by atoms with Crippen LogP contribution in [-0.4, -0.2) is 68.2 Å². The van der Waals surface area contributed by atoms with Gasteiger partial charge in [0.05, 0.1) is 17.1 Å². The van der Waals surface area contributed by atoms with Crippen LogP contribution in [0.1, 0.15) is 30.3 Å². The molecule has 2 aromatic heterocycles. The standard InChI is InChI=1S/C22H24N4O.C2H2O4/c1-26-12-9-17(10-13-26)27-21(16-7-6-15-8-11-23-20(15)14-16)22-24-18-4-2-3-5-19(18)25-22;3-1(4)2(5)6/h2-8,11,14,17,21,23H,9-10,12-13H2,1H3,(H,24,25);(H,3,4)(H,5,6). The van der Waals surface area contributed by atoms with Gasteiger partial charge >= 0.3 is 11.9 Å². The summed E-state index contributed by atoms with van der Waals surface area (Å²) in [4.78, 5) is 32.2. The van der Waals surface area contributed by atoms with Gasteiger partial charge in [-0.25, -0.2) is 14.6 Å². The molecule has 1 saturated heterocycles. The molecule has 2 aromatic carbocycles.